The van der Waals surface area contributed by atoms with Gasteiger partial charge in [0.2, 0.25) is 0 Å². The third-order valence-corrected chi connectivity index (χ3v) is 3.49. The van der Waals surface area contributed by atoms with Gasteiger partial charge in [-0.1, -0.05) is 35.3 Å². The molecule has 0 atom stereocenters. The first-order valence-electron chi connectivity index (χ1n) is 6.02. The van der Waals surface area contributed by atoms with Crippen molar-refractivity contribution in [3.05, 3.63) is 63.6 Å². The Morgan fingerprint density at radius 3 is 2.60 bits per heavy atom. The molecular weight excluding hydrogens is 295 g/mol. The van der Waals surface area contributed by atoms with Crippen molar-refractivity contribution >= 4 is 34.8 Å². The second-order valence-corrected chi connectivity index (χ2v) is 5.37. The van der Waals surface area contributed by atoms with Crippen LogP contribution in [0.2, 0.25) is 10.0 Å². The Labute approximate surface area is 127 Å². The number of nitrogens with zero attached hydrogens (tertiary/aromatic N) is 1. The standard InChI is InChI=1S/C15H14Cl2N2O/c1-19(9-11-5-6-12(16)8-14(11)17)15(20)10-3-2-4-13(18)7-10/h2-8H,9,18H2,1H3. The number of rotatable bonds is 3. The summed E-state index contributed by atoms with van der Waals surface area (Å²) in [5, 5.41) is 1.12. The third kappa shape index (κ3) is 3.44. The van der Waals surface area contributed by atoms with Crippen LogP contribution in [0.3, 0.4) is 0 Å². The molecule has 20 heavy (non-hydrogen) atoms. The molecule has 2 N–H and O–H groups in total. The number of carbonyl (C=O) groups excluding carboxylic acids is 1. The molecule has 0 saturated heterocycles. The molecule has 0 aliphatic rings. The molecule has 2 aromatic carbocycles. The van der Waals surface area contributed by atoms with E-state index in [1.807, 2.05) is 6.07 Å². The maximum atomic E-state index is 12.3. The number of hydrogen-bond donors (Lipinski definition) is 1. The summed E-state index contributed by atoms with van der Waals surface area (Å²) in [6, 6.07) is 12.1. The Kier molecular flexibility index (Phi) is 4.53. The number of carbonyl (C=O) groups is 1. The van der Waals surface area contributed by atoms with Gasteiger partial charge in [0.1, 0.15) is 0 Å². The van der Waals surface area contributed by atoms with Crippen LogP contribution in [0.25, 0.3) is 0 Å². The lowest BCUT2D eigenvalue weighted by Gasteiger charge is -2.18. The summed E-state index contributed by atoms with van der Waals surface area (Å²) in [7, 11) is 1.72. The molecule has 0 radical (unpaired) electrons. The van der Waals surface area contributed by atoms with Crippen LogP contribution in [0.4, 0.5) is 5.69 Å². The zero-order valence-electron chi connectivity index (χ0n) is 10.9. The molecule has 0 saturated carbocycles. The lowest BCUT2D eigenvalue weighted by molar-refractivity contribution is 0.0785. The normalized spacial score (nSPS) is 10.3. The second kappa shape index (κ2) is 6.16. The monoisotopic (exact) mass is 308 g/mol. The van der Waals surface area contributed by atoms with E-state index in [2.05, 4.69) is 0 Å². The van der Waals surface area contributed by atoms with Gasteiger partial charge in [-0.25, -0.2) is 0 Å². The molecule has 0 aliphatic heterocycles. The zero-order chi connectivity index (χ0) is 14.7. The summed E-state index contributed by atoms with van der Waals surface area (Å²) in [5.41, 5.74) is 7.64. The van der Waals surface area contributed by atoms with Crippen LogP contribution >= 0.6 is 23.2 Å². The number of nitrogen functional groups attached to an aromatic ring is 1. The predicted octanol–water partition coefficient (Wildman–Crippen LogP) is 3.85. The van der Waals surface area contributed by atoms with E-state index >= 15 is 0 Å². The van der Waals surface area contributed by atoms with Crippen molar-refractivity contribution in [3.63, 3.8) is 0 Å². The quantitative estimate of drug-likeness (QED) is 0.875. The van der Waals surface area contributed by atoms with Gasteiger partial charge in [-0.15, -0.1) is 0 Å². The SMILES string of the molecule is CN(Cc1ccc(Cl)cc1Cl)C(=O)c1cccc(N)c1. The van der Waals surface area contributed by atoms with Crippen molar-refractivity contribution in [1.82, 2.24) is 4.90 Å². The Hall–Kier alpha value is -1.71. The Bertz CT molecular complexity index is 644. The van der Waals surface area contributed by atoms with Crippen molar-refractivity contribution in [1.29, 1.82) is 0 Å². The van der Waals surface area contributed by atoms with Gasteiger partial charge < -0.3 is 10.6 Å². The molecule has 0 aliphatic carbocycles. The number of nitrogens with two attached hydrogens (primary N) is 1. The molecule has 104 valence electrons. The molecule has 0 heterocycles. The molecular formula is C15H14Cl2N2O. The van der Waals surface area contributed by atoms with Crippen LogP contribution in [-0.4, -0.2) is 17.9 Å². The van der Waals surface area contributed by atoms with E-state index < -0.39 is 0 Å². The second-order valence-electron chi connectivity index (χ2n) is 4.52. The molecule has 5 heteroatoms. The first-order valence-corrected chi connectivity index (χ1v) is 6.78. The van der Waals surface area contributed by atoms with Crippen molar-refractivity contribution < 1.29 is 4.79 Å². The predicted molar refractivity (Wildman–Crippen MR) is 83.1 cm³/mol. The summed E-state index contributed by atoms with van der Waals surface area (Å²) in [4.78, 5) is 13.9. The molecule has 0 aromatic heterocycles. The van der Waals surface area contributed by atoms with Crippen molar-refractivity contribution in [2.75, 3.05) is 12.8 Å². The van der Waals surface area contributed by atoms with Gasteiger partial charge >= 0.3 is 0 Å². The van der Waals surface area contributed by atoms with Gasteiger partial charge in [0.25, 0.3) is 5.91 Å². The summed E-state index contributed by atoms with van der Waals surface area (Å²) < 4.78 is 0. The zero-order valence-corrected chi connectivity index (χ0v) is 12.4. The summed E-state index contributed by atoms with van der Waals surface area (Å²) in [6.07, 6.45) is 0. The van der Waals surface area contributed by atoms with E-state index in [0.29, 0.717) is 27.8 Å². The summed E-state index contributed by atoms with van der Waals surface area (Å²) in [6.45, 7) is 0.406. The average molecular weight is 309 g/mol. The van der Waals surface area contributed by atoms with Gasteiger partial charge in [-0.3, -0.25) is 4.79 Å². The highest BCUT2D eigenvalue weighted by molar-refractivity contribution is 6.35. The van der Waals surface area contributed by atoms with Crippen LogP contribution in [0.15, 0.2) is 42.5 Å². The highest BCUT2D eigenvalue weighted by Crippen LogP contribution is 2.22. The number of hydrogen-bond acceptors (Lipinski definition) is 2. The number of anilines is 1. The van der Waals surface area contributed by atoms with Crippen LogP contribution in [0.1, 0.15) is 15.9 Å². The van der Waals surface area contributed by atoms with Crippen molar-refractivity contribution in [2.24, 2.45) is 0 Å². The van der Waals surface area contributed by atoms with Gasteiger partial charge in [-0.2, -0.15) is 0 Å². The van der Waals surface area contributed by atoms with Gasteiger partial charge in [0.15, 0.2) is 0 Å². The summed E-state index contributed by atoms with van der Waals surface area (Å²) in [5.74, 6) is -0.108. The van der Waals surface area contributed by atoms with Crippen molar-refractivity contribution in [2.45, 2.75) is 6.54 Å². The fourth-order valence-electron chi connectivity index (χ4n) is 1.87. The van der Waals surface area contributed by atoms with E-state index in [-0.39, 0.29) is 5.91 Å². The fraction of sp³-hybridized carbons (Fsp3) is 0.133. The third-order valence-electron chi connectivity index (χ3n) is 2.90. The fourth-order valence-corrected chi connectivity index (χ4v) is 2.34. The molecule has 1 amide bonds. The first-order chi connectivity index (χ1) is 9.47. The van der Waals surface area contributed by atoms with E-state index in [9.17, 15) is 4.79 Å². The Balaban J connectivity index is 2.15. The topological polar surface area (TPSA) is 46.3 Å². The van der Waals surface area contributed by atoms with Crippen LogP contribution < -0.4 is 5.73 Å². The smallest absolute Gasteiger partial charge is 0.253 e. The highest BCUT2D eigenvalue weighted by atomic mass is 35.5. The minimum absolute atomic E-state index is 0.108. The Morgan fingerprint density at radius 1 is 1.20 bits per heavy atom. The molecule has 0 spiro atoms. The van der Waals surface area contributed by atoms with Gasteiger partial charge in [-0.05, 0) is 35.9 Å². The minimum Gasteiger partial charge on any atom is -0.399 e. The largest absolute Gasteiger partial charge is 0.399 e. The van der Waals surface area contributed by atoms with Crippen molar-refractivity contribution in [3.8, 4) is 0 Å². The van der Waals surface area contributed by atoms with Crippen LogP contribution in [-0.2, 0) is 6.54 Å². The van der Waals surface area contributed by atoms with E-state index in [1.165, 1.54) is 0 Å². The molecule has 0 bridgehead atoms. The van der Waals surface area contributed by atoms with Gasteiger partial charge in [0.05, 0.1) is 0 Å². The number of amides is 1. The van der Waals surface area contributed by atoms with E-state index in [1.54, 1.807) is 48.3 Å². The molecule has 0 unspecified atom stereocenters. The lowest BCUT2D eigenvalue weighted by Crippen LogP contribution is -2.26. The number of halogens is 2. The lowest BCUT2D eigenvalue weighted by atomic mass is 10.1. The maximum absolute atomic E-state index is 12.3. The first kappa shape index (κ1) is 14.7. The van der Waals surface area contributed by atoms with E-state index in [4.69, 9.17) is 28.9 Å². The van der Waals surface area contributed by atoms with E-state index in [0.717, 1.165) is 5.56 Å². The highest BCUT2D eigenvalue weighted by Gasteiger charge is 2.13. The molecule has 3 nitrogen and oxygen atoms in total. The Morgan fingerprint density at radius 2 is 1.95 bits per heavy atom. The van der Waals surface area contributed by atoms with Crippen LogP contribution in [0.5, 0.6) is 0 Å². The minimum atomic E-state index is -0.108. The number of benzene rings is 2. The molecule has 2 rings (SSSR count). The average Bonchev–Trinajstić information content (AvgIpc) is 2.41. The van der Waals surface area contributed by atoms with Gasteiger partial charge in [0, 0.05) is 34.9 Å². The molecule has 0 fully saturated rings. The van der Waals surface area contributed by atoms with Crippen LogP contribution in [0, 0.1) is 0 Å². The summed E-state index contributed by atoms with van der Waals surface area (Å²) >= 11 is 12.0. The molecule has 2 aromatic rings. The maximum Gasteiger partial charge on any atom is 0.253 e.